The standard InChI is InChI=1S/C44H62O12/c1-23-9-13-33-25(3)35(49-39-43(33)31(23)17-19-41(5,51-39)53-55-43)15-11-27-21-29(37(45)47-7)30(38(46)48-8)22-28(27)12-16-36-26(4)34-14-10-24(2)32-18-20-42(6)52-40(50-36)44(32,34)56-54-42/h21-26,31-36,39-40H,9-20H2,1-8H3/t23-,24-,25-,26-,31+,32+,33+,34+,35-,36-,39-,40-,41?,42?,43-,44-/m1/s1. The summed E-state index contributed by atoms with van der Waals surface area (Å²) in [6.45, 7) is 13.1. The summed E-state index contributed by atoms with van der Waals surface area (Å²) >= 11 is 0. The van der Waals surface area contributed by atoms with Gasteiger partial charge < -0.3 is 28.4 Å². The number of rotatable bonds is 8. The Labute approximate surface area is 331 Å². The summed E-state index contributed by atoms with van der Waals surface area (Å²) in [5.74, 6) is -0.489. The van der Waals surface area contributed by atoms with Crippen molar-refractivity contribution in [2.45, 2.75) is 166 Å². The van der Waals surface area contributed by atoms with Crippen molar-refractivity contribution in [1.29, 1.82) is 0 Å². The lowest BCUT2D eigenvalue weighted by Crippen LogP contribution is -2.70. The van der Waals surface area contributed by atoms with Crippen LogP contribution in [0.15, 0.2) is 12.1 Å². The van der Waals surface area contributed by atoms with Gasteiger partial charge in [-0.2, -0.15) is 0 Å². The zero-order chi connectivity index (χ0) is 39.4. The zero-order valence-corrected chi connectivity index (χ0v) is 34.5. The molecule has 8 saturated heterocycles. The van der Waals surface area contributed by atoms with E-state index in [1.165, 1.54) is 14.2 Å². The molecule has 0 radical (unpaired) electrons. The van der Waals surface area contributed by atoms with Crippen LogP contribution in [0.5, 0.6) is 0 Å². The maximum atomic E-state index is 13.2. The second-order valence-corrected chi connectivity index (χ2v) is 19.1. The van der Waals surface area contributed by atoms with Crippen LogP contribution in [0.4, 0.5) is 0 Å². The first-order valence-corrected chi connectivity index (χ1v) is 21.5. The SMILES string of the molecule is COC(=O)c1cc(CC[C@H]2O[C@@H]3OC4(C)CC[C@H]5[C@H](C)CC[C@@H]([C@H]2C)[C@@]35OO4)c(CC[C@H]2O[C@@H]3OC4(C)CC[C@H]5[C@H](C)CC[C@@H]([C@H]2C)[C@@]35OO4)cc1C(=O)OC. The van der Waals surface area contributed by atoms with Crippen molar-refractivity contribution >= 4 is 11.9 Å². The molecule has 2 saturated carbocycles. The average Bonchev–Trinajstić information content (AvgIpc) is 3.57. The van der Waals surface area contributed by atoms with Crippen LogP contribution in [0.25, 0.3) is 0 Å². The molecule has 10 fully saturated rings. The van der Waals surface area contributed by atoms with Crippen LogP contribution in [0, 0.1) is 47.3 Å². The first-order valence-electron chi connectivity index (χ1n) is 21.5. The number of fused-ring (bicyclic) bond motifs is 4. The molecule has 10 aliphatic rings. The number of methoxy groups -OCH3 is 2. The molecule has 2 aliphatic carbocycles. The number of ether oxygens (including phenoxy) is 6. The van der Waals surface area contributed by atoms with Crippen LogP contribution in [0.3, 0.4) is 0 Å². The Hall–Kier alpha value is -2.16. The van der Waals surface area contributed by atoms with Crippen LogP contribution in [-0.4, -0.2) is 73.7 Å². The number of benzene rings is 1. The molecule has 1 aromatic rings. The predicted molar refractivity (Wildman–Crippen MR) is 199 cm³/mol. The molecule has 310 valence electrons. The fraction of sp³-hybridized carbons (Fsp3) is 0.818. The van der Waals surface area contributed by atoms with Gasteiger partial charge in [-0.25, -0.2) is 29.1 Å². The van der Waals surface area contributed by atoms with Crippen LogP contribution >= 0.6 is 0 Å². The van der Waals surface area contributed by atoms with E-state index >= 15 is 0 Å². The van der Waals surface area contributed by atoms with Crippen LogP contribution in [-0.2, 0) is 60.8 Å². The summed E-state index contributed by atoms with van der Waals surface area (Å²) in [6.07, 6.45) is 9.16. The quantitative estimate of drug-likeness (QED) is 0.190. The summed E-state index contributed by atoms with van der Waals surface area (Å²) in [7, 11) is 2.66. The van der Waals surface area contributed by atoms with Gasteiger partial charge in [0.2, 0.25) is 11.6 Å². The van der Waals surface area contributed by atoms with E-state index < -0.39 is 47.3 Å². The summed E-state index contributed by atoms with van der Waals surface area (Å²) in [4.78, 5) is 51.3. The molecule has 12 heteroatoms. The molecule has 1 aromatic carbocycles. The van der Waals surface area contributed by atoms with E-state index in [0.717, 1.165) is 62.5 Å². The van der Waals surface area contributed by atoms with Gasteiger partial charge in [-0.3, -0.25) is 0 Å². The van der Waals surface area contributed by atoms with Gasteiger partial charge in [-0.1, -0.05) is 27.7 Å². The molecule has 0 aromatic heterocycles. The molecule has 16 atom stereocenters. The Morgan fingerprint density at radius 1 is 0.607 bits per heavy atom. The Bertz CT molecular complexity index is 1580. The number of hydrogen-bond acceptors (Lipinski definition) is 12. The molecule has 12 nitrogen and oxygen atoms in total. The first kappa shape index (κ1) is 39.3. The molecule has 2 unspecified atom stereocenters. The van der Waals surface area contributed by atoms with E-state index in [-0.39, 0.29) is 47.0 Å². The molecular weight excluding hydrogens is 720 g/mol. The highest BCUT2D eigenvalue weighted by Gasteiger charge is 2.70. The Morgan fingerprint density at radius 2 is 1.02 bits per heavy atom. The highest BCUT2D eigenvalue weighted by atomic mass is 17.3. The van der Waals surface area contributed by atoms with Crippen molar-refractivity contribution in [2.24, 2.45) is 47.3 Å². The number of aryl methyl sites for hydroxylation is 2. The summed E-state index contributed by atoms with van der Waals surface area (Å²) in [6, 6.07) is 3.66. The topological polar surface area (TPSA) is 126 Å². The number of esters is 2. The molecule has 8 aliphatic heterocycles. The van der Waals surface area contributed by atoms with E-state index in [1.54, 1.807) is 0 Å². The maximum absolute atomic E-state index is 13.2. The summed E-state index contributed by atoms with van der Waals surface area (Å²) in [5, 5.41) is 0. The van der Waals surface area contributed by atoms with E-state index in [4.69, 9.17) is 48.0 Å². The van der Waals surface area contributed by atoms with Gasteiger partial charge in [0, 0.05) is 24.7 Å². The van der Waals surface area contributed by atoms with E-state index in [1.807, 2.05) is 26.0 Å². The summed E-state index contributed by atoms with van der Waals surface area (Å²) < 4.78 is 37.6. The van der Waals surface area contributed by atoms with E-state index in [9.17, 15) is 9.59 Å². The molecule has 4 bridgehead atoms. The highest BCUT2D eigenvalue weighted by molar-refractivity contribution is 6.03. The van der Waals surface area contributed by atoms with Crippen LogP contribution < -0.4 is 0 Å². The normalized spacial score (nSPS) is 47.6. The minimum atomic E-state index is -0.845. The van der Waals surface area contributed by atoms with Gasteiger partial charge in [0.25, 0.3) is 0 Å². The molecule has 11 rings (SSSR count). The van der Waals surface area contributed by atoms with Crippen molar-refractivity contribution in [3.63, 3.8) is 0 Å². The molecule has 56 heavy (non-hydrogen) atoms. The second kappa shape index (κ2) is 14.2. The number of hydrogen-bond donors (Lipinski definition) is 0. The molecule has 8 heterocycles. The monoisotopic (exact) mass is 782 g/mol. The molecule has 0 amide bonds. The molecule has 2 spiro atoms. The summed E-state index contributed by atoms with van der Waals surface area (Å²) in [5.41, 5.74) is 1.08. The Balaban J connectivity index is 0.995. The largest absolute Gasteiger partial charge is 0.465 e. The van der Waals surface area contributed by atoms with Crippen LogP contribution in [0.2, 0.25) is 0 Å². The van der Waals surface area contributed by atoms with Crippen molar-refractivity contribution in [1.82, 2.24) is 0 Å². The van der Waals surface area contributed by atoms with Crippen molar-refractivity contribution in [2.75, 3.05) is 14.2 Å². The molecule has 0 N–H and O–H groups in total. The lowest BCUT2D eigenvalue weighted by atomic mass is 9.57. The van der Waals surface area contributed by atoms with E-state index in [0.29, 0.717) is 49.4 Å². The lowest BCUT2D eigenvalue weighted by Gasteiger charge is -2.60. The van der Waals surface area contributed by atoms with Gasteiger partial charge >= 0.3 is 11.9 Å². The number of carbonyl (C=O) groups excluding carboxylic acids is 2. The van der Waals surface area contributed by atoms with Crippen molar-refractivity contribution < 1.29 is 57.6 Å². The van der Waals surface area contributed by atoms with Gasteiger partial charge in [0.05, 0.1) is 37.6 Å². The Morgan fingerprint density at radius 3 is 1.41 bits per heavy atom. The molecular formula is C44H62O12. The fourth-order valence-electron chi connectivity index (χ4n) is 12.9. The Kier molecular flexibility index (Phi) is 10.00. The van der Waals surface area contributed by atoms with E-state index in [2.05, 4.69) is 27.7 Å². The average molecular weight is 783 g/mol. The predicted octanol–water partition coefficient (Wildman–Crippen LogP) is 7.63. The minimum Gasteiger partial charge on any atom is -0.465 e. The third-order valence-electron chi connectivity index (χ3n) is 16.1. The third-order valence-corrected chi connectivity index (χ3v) is 16.1. The fourth-order valence-corrected chi connectivity index (χ4v) is 12.9. The smallest absolute Gasteiger partial charge is 0.338 e. The van der Waals surface area contributed by atoms with Crippen molar-refractivity contribution in [3.05, 3.63) is 34.4 Å². The van der Waals surface area contributed by atoms with Gasteiger partial charge in [0.15, 0.2) is 23.8 Å². The zero-order valence-electron chi connectivity index (χ0n) is 34.5. The van der Waals surface area contributed by atoms with Gasteiger partial charge in [-0.05, 0) is 137 Å². The van der Waals surface area contributed by atoms with Gasteiger partial charge in [-0.15, -0.1) is 0 Å². The van der Waals surface area contributed by atoms with Crippen molar-refractivity contribution in [3.8, 4) is 0 Å². The highest BCUT2D eigenvalue weighted by Crippen LogP contribution is 2.62. The number of carbonyl (C=O) groups is 2. The third kappa shape index (κ3) is 5.97. The lowest BCUT2D eigenvalue weighted by molar-refractivity contribution is -0.571. The maximum Gasteiger partial charge on any atom is 0.338 e. The first-order chi connectivity index (χ1) is 26.8. The van der Waals surface area contributed by atoms with Gasteiger partial charge in [0.1, 0.15) is 0 Å². The minimum absolute atomic E-state index is 0.114. The second-order valence-electron chi connectivity index (χ2n) is 19.1. The van der Waals surface area contributed by atoms with Crippen LogP contribution in [0.1, 0.15) is 138 Å².